The third-order valence-corrected chi connectivity index (χ3v) is 2.93. The largest absolute Gasteiger partial charge is 0.477 e. The van der Waals surface area contributed by atoms with Gasteiger partial charge in [0.2, 0.25) is 5.75 Å². The molecule has 0 aliphatic rings. The Balaban J connectivity index is 2.49. The van der Waals surface area contributed by atoms with Gasteiger partial charge in [0.15, 0.2) is 0 Å². The van der Waals surface area contributed by atoms with Crippen LogP contribution in [0.1, 0.15) is 10.4 Å². The molecule has 0 unspecified atom stereocenters. The highest BCUT2D eigenvalue weighted by atomic mass is 79.9. The van der Waals surface area contributed by atoms with E-state index in [1.54, 1.807) is 24.3 Å². The van der Waals surface area contributed by atoms with Crippen molar-refractivity contribution in [2.75, 3.05) is 0 Å². The number of benzene rings is 2. The Hall–Kier alpha value is -2.41. The van der Waals surface area contributed by atoms with Crippen LogP contribution in [-0.2, 0) is 0 Å². The van der Waals surface area contributed by atoms with Crippen LogP contribution in [0.25, 0.3) is 0 Å². The van der Waals surface area contributed by atoms with Crippen molar-refractivity contribution >= 4 is 27.6 Å². The van der Waals surface area contributed by atoms with E-state index in [1.807, 2.05) is 0 Å². The van der Waals surface area contributed by atoms with Gasteiger partial charge in [-0.3, -0.25) is 10.1 Å². The predicted molar refractivity (Wildman–Crippen MR) is 74.3 cm³/mol. The number of hydrogen-bond donors (Lipinski definition) is 1. The van der Waals surface area contributed by atoms with E-state index in [2.05, 4.69) is 15.9 Å². The number of carboxylic acid groups (broad SMARTS) is 1. The lowest BCUT2D eigenvalue weighted by molar-refractivity contribution is -0.386. The average Bonchev–Trinajstić information content (AvgIpc) is 2.38. The van der Waals surface area contributed by atoms with Gasteiger partial charge in [-0.2, -0.15) is 0 Å². The number of nitro groups is 1. The maximum atomic E-state index is 11.1. The van der Waals surface area contributed by atoms with E-state index in [0.29, 0.717) is 5.75 Å². The summed E-state index contributed by atoms with van der Waals surface area (Å²) in [5.74, 6) is -1.13. The van der Waals surface area contributed by atoms with Gasteiger partial charge < -0.3 is 9.84 Å². The number of para-hydroxylation sites is 1. The molecule has 0 atom stereocenters. The maximum absolute atomic E-state index is 11.1. The number of hydrogen-bond acceptors (Lipinski definition) is 4. The standard InChI is InChI=1S/C13H8BrNO5/c14-8-3-1-4-9(7-8)20-11-6-2-5-10(13(16)17)12(11)15(18)19/h1-7H,(H,16,17). The highest BCUT2D eigenvalue weighted by molar-refractivity contribution is 9.10. The molecule has 0 saturated carbocycles. The number of rotatable bonds is 4. The van der Waals surface area contributed by atoms with Crippen LogP contribution in [0, 0.1) is 10.1 Å². The van der Waals surface area contributed by atoms with Gasteiger partial charge in [-0.05, 0) is 30.3 Å². The van der Waals surface area contributed by atoms with E-state index >= 15 is 0 Å². The molecule has 1 N–H and O–H groups in total. The minimum Gasteiger partial charge on any atom is -0.477 e. The molecular weight excluding hydrogens is 330 g/mol. The molecule has 6 nitrogen and oxygen atoms in total. The minimum atomic E-state index is -1.38. The molecule has 0 fully saturated rings. The lowest BCUT2D eigenvalue weighted by Gasteiger charge is -2.08. The number of ether oxygens (including phenoxy) is 1. The van der Waals surface area contributed by atoms with Crippen molar-refractivity contribution in [2.24, 2.45) is 0 Å². The van der Waals surface area contributed by atoms with Crippen LogP contribution < -0.4 is 4.74 Å². The third kappa shape index (κ3) is 2.94. The fraction of sp³-hybridized carbons (Fsp3) is 0. The zero-order valence-corrected chi connectivity index (χ0v) is 11.5. The zero-order valence-electron chi connectivity index (χ0n) is 9.95. The molecule has 0 aliphatic carbocycles. The molecule has 0 aromatic heterocycles. The van der Waals surface area contributed by atoms with Gasteiger partial charge in [-0.1, -0.05) is 28.1 Å². The number of carbonyl (C=O) groups is 1. The summed E-state index contributed by atoms with van der Waals surface area (Å²) in [6, 6.07) is 10.6. The third-order valence-electron chi connectivity index (χ3n) is 2.44. The van der Waals surface area contributed by atoms with Crippen LogP contribution in [0.3, 0.4) is 0 Å². The Labute approximate surface area is 121 Å². The molecule has 2 rings (SSSR count). The number of carboxylic acids is 1. The molecule has 0 saturated heterocycles. The smallest absolute Gasteiger partial charge is 0.342 e. The molecule has 0 aliphatic heterocycles. The maximum Gasteiger partial charge on any atom is 0.342 e. The van der Waals surface area contributed by atoms with E-state index in [9.17, 15) is 14.9 Å². The summed E-state index contributed by atoms with van der Waals surface area (Å²) in [4.78, 5) is 21.3. The second-order valence-electron chi connectivity index (χ2n) is 3.77. The first-order chi connectivity index (χ1) is 9.49. The first-order valence-corrected chi connectivity index (χ1v) is 6.22. The van der Waals surface area contributed by atoms with Crippen LogP contribution >= 0.6 is 15.9 Å². The van der Waals surface area contributed by atoms with Crippen LogP contribution in [0.4, 0.5) is 5.69 Å². The first kappa shape index (κ1) is 14.0. The predicted octanol–water partition coefficient (Wildman–Crippen LogP) is 3.85. The minimum absolute atomic E-state index is 0.118. The van der Waals surface area contributed by atoms with E-state index in [4.69, 9.17) is 9.84 Å². The molecule has 102 valence electrons. The quantitative estimate of drug-likeness (QED) is 0.676. The SMILES string of the molecule is O=C(O)c1cccc(Oc2cccc(Br)c2)c1[N+](=O)[O-]. The highest BCUT2D eigenvalue weighted by Gasteiger charge is 2.25. The molecule has 0 radical (unpaired) electrons. The van der Waals surface area contributed by atoms with Crippen molar-refractivity contribution in [3.63, 3.8) is 0 Å². The van der Waals surface area contributed by atoms with Gasteiger partial charge in [0.05, 0.1) is 4.92 Å². The fourth-order valence-electron chi connectivity index (χ4n) is 1.62. The lowest BCUT2D eigenvalue weighted by Crippen LogP contribution is -2.04. The van der Waals surface area contributed by atoms with Gasteiger partial charge in [0, 0.05) is 4.47 Å². The Morgan fingerprint density at radius 3 is 2.55 bits per heavy atom. The molecular formula is C13H8BrNO5. The Kier molecular flexibility index (Phi) is 3.99. The van der Waals surface area contributed by atoms with E-state index in [-0.39, 0.29) is 5.75 Å². The molecule has 0 amide bonds. The summed E-state index contributed by atoms with van der Waals surface area (Å²) >= 11 is 3.25. The number of aromatic carboxylic acids is 1. The summed E-state index contributed by atoms with van der Waals surface area (Å²) in [6.45, 7) is 0. The van der Waals surface area contributed by atoms with Crippen LogP contribution in [0.2, 0.25) is 0 Å². The van der Waals surface area contributed by atoms with Gasteiger partial charge in [-0.15, -0.1) is 0 Å². The van der Waals surface area contributed by atoms with E-state index in [0.717, 1.165) is 10.5 Å². The monoisotopic (exact) mass is 337 g/mol. The summed E-state index contributed by atoms with van der Waals surface area (Å²) < 4.78 is 6.15. The average molecular weight is 338 g/mol. The number of nitro benzene ring substituents is 1. The molecule has 7 heteroatoms. The molecule has 0 spiro atoms. The molecule has 2 aromatic carbocycles. The van der Waals surface area contributed by atoms with Gasteiger partial charge in [0.1, 0.15) is 11.3 Å². The Morgan fingerprint density at radius 2 is 1.95 bits per heavy atom. The Morgan fingerprint density at radius 1 is 1.25 bits per heavy atom. The van der Waals surface area contributed by atoms with Crippen molar-refractivity contribution in [1.29, 1.82) is 0 Å². The summed E-state index contributed by atoms with van der Waals surface area (Å²) in [5.41, 5.74) is -0.984. The number of nitrogens with zero attached hydrogens (tertiary/aromatic N) is 1. The molecule has 0 bridgehead atoms. The van der Waals surface area contributed by atoms with Crippen molar-refractivity contribution in [3.05, 3.63) is 62.6 Å². The van der Waals surface area contributed by atoms with Gasteiger partial charge >= 0.3 is 11.7 Å². The topological polar surface area (TPSA) is 89.7 Å². The summed E-state index contributed by atoms with van der Waals surface area (Å²) in [5, 5.41) is 20.0. The lowest BCUT2D eigenvalue weighted by atomic mass is 10.1. The van der Waals surface area contributed by atoms with E-state index < -0.39 is 22.1 Å². The van der Waals surface area contributed by atoms with Crippen molar-refractivity contribution in [2.45, 2.75) is 0 Å². The second kappa shape index (κ2) is 5.70. The summed E-state index contributed by atoms with van der Waals surface area (Å²) in [6.07, 6.45) is 0. The van der Waals surface area contributed by atoms with Gasteiger partial charge in [-0.25, -0.2) is 4.79 Å². The van der Waals surface area contributed by atoms with Crippen molar-refractivity contribution in [3.8, 4) is 11.5 Å². The van der Waals surface area contributed by atoms with Crippen molar-refractivity contribution < 1.29 is 19.6 Å². The molecule has 2 aromatic rings. The number of halogens is 1. The van der Waals surface area contributed by atoms with Crippen molar-refractivity contribution in [1.82, 2.24) is 0 Å². The normalized spacial score (nSPS) is 10.1. The fourth-order valence-corrected chi connectivity index (χ4v) is 2.00. The van der Waals surface area contributed by atoms with Gasteiger partial charge in [0.25, 0.3) is 0 Å². The second-order valence-corrected chi connectivity index (χ2v) is 4.69. The van der Waals surface area contributed by atoms with E-state index in [1.165, 1.54) is 12.1 Å². The van der Waals surface area contributed by atoms with Crippen LogP contribution in [0.5, 0.6) is 11.5 Å². The Bertz CT molecular complexity index is 686. The molecule has 0 heterocycles. The first-order valence-electron chi connectivity index (χ1n) is 5.43. The van der Waals surface area contributed by atoms with Crippen LogP contribution in [-0.4, -0.2) is 16.0 Å². The van der Waals surface area contributed by atoms with Crippen LogP contribution in [0.15, 0.2) is 46.9 Å². The summed E-state index contributed by atoms with van der Waals surface area (Å²) in [7, 11) is 0. The highest BCUT2D eigenvalue weighted by Crippen LogP contribution is 2.34. The zero-order chi connectivity index (χ0) is 14.7. The molecule has 20 heavy (non-hydrogen) atoms.